The molecule has 1 amide bonds. The molecule has 1 saturated heterocycles. The minimum absolute atomic E-state index is 0.0514. The van der Waals surface area contributed by atoms with E-state index >= 15 is 0 Å². The molecule has 0 radical (unpaired) electrons. The number of nitrogens with one attached hydrogen (secondary N) is 3. The SMILES string of the molecule is CCNc1nc(Nc2ccc(C(=O)N3CCOCC3)c3c2OCO3)nc2[nH]cc(C)c12. The van der Waals surface area contributed by atoms with Crippen LogP contribution in [0.5, 0.6) is 11.5 Å². The van der Waals surface area contributed by atoms with Crippen molar-refractivity contribution in [2.45, 2.75) is 13.8 Å². The Balaban J connectivity index is 1.48. The monoisotopic (exact) mass is 424 g/mol. The lowest BCUT2D eigenvalue weighted by molar-refractivity contribution is 0.0300. The van der Waals surface area contributed by atoms with Gasteiger partial charge in [0.1, 0.15) is 11.5 Å². The molecule has 2 aliphatic heterocycles. The highest BCUT2D eigenvalue weighted by Gasteiger charge is 2.29. The van der Waals surface area contributed by atoms with Crippen molar-refractivity contribution in [2.24, 2.45) is 0 Å². The number of benzene rings is 1. The van der Waals surface area contributed by atoms with Gasteiger partial charge in [0.2, 0.25) is 12.7 Å². The van der Waals surface area contributed by atoms with Gasteiger partial charge in [-0.2, -0.15) is 9.97 Å². The number of ether oxygens (including phenoxy) is 3. The topological polar surface area (TPSA) is 114 Å². The van der Waals surface area contributed by atoms with Crippen LogP contribution in [0.15, 0.2) is 18.3 Å². The van der Waals surface area contributed by atoms with E-state index < -0.39 is 0 Å². The molecule has 5 rings (SSSR count). The zero-order valence-electron chi connectivity index (χ0n) is 17.4. The number of morpholine rings is 1. The van der Waals surface area contributed by atoms with Crippen molar-refractivity contribution in [2.75, 3.05) is 50.3 Å². The zero-order chi connectivity index (χ0) is 21.4. The van der Waals surface area contributed by atoms with Crippen molar-refractivity contribution < 1.29 is 19.0 Å². The summed E-state index contributed by atoms with van der Waals surface area (Å²) in [5.41, 5.74) is 2.92. The Kier molecular flexibility index (Phi) is 4.99. The highest BCUT2D eigenvalue weighted by atomic mass is 16.7. The molecule has 3 aromatic rings. The third kappa shape index (κ3) is 3.48. The molecule has 4 heterocycles. The lowest BCUT2D eigenvalue weighted by atomic mass is 10.1. The minimum atomic E-state index is -0.0921. The van der Waals surface area contributed by atoms with Gasteiger partial charge in [-0.3, -0.25) is 4.79 Å². The maximum atomic E-state index is 13.0. The number of H-pyrrole nitrogens is 1. The smallest absolute Gasteiger partial charge is 0.257 e. The number of carbonyl (C=O) groups excluding carboxylic acids is 1. The van der Waals surface area contributed by atoms with Gasteiger partial charge in [-0.25, -0.2) is 0 Å². The van der Waals surface area contributed by atoms with Gasteiger partial charge in [-0.05, 0) is 31.5 Å². The molecule has 1 aromatic carbocycles. The Hall–Kier alpha value is -3.53. The number of aryl methyl sites for hydroxylation is 1. The fraction of sp³-hybridized carbons (Fsp3) is 0.381. The van der Waals surface area contributed by atoms with E-state index in [0.717, 1.165) is 29.0 Å². The van der Waals surface area contributed by atoms with E-state index in [9.17, 15) is 4.79 Å². The van der Waals surface area contributed by atoms with Gasteiger partial charge in [-0.1, -0.05) is 0 Å². The number of rotatable bonds is 5. The third-order valence-corrected chi connectivity index (χ3v) is 5.37. The molecular formula is C21H24N6O4. The summed E-state index contributed by atoms with van der Waals surface area (Å²) in [6, 6.07) is 3.54. The van der Waals surface area contributed by atoms with Crippen molar-refractivity contribution in [1.29, 1.82) is 0 Å². The molecule has 0 saturated carbocycles. The molecule has 0 bridgehead atoms. The van der Waals surface area contributed by atoms with Crippen LogP contribution in [0.25, 0.3) is 11.0 Å². The second-order valence-corrected chi connectivity index (χ2v) is 7.38. The molecular weight excluding hydrogens is 400 g/mol. The molecule has 31 heavy (non-hydrogen) atoms. The maximum absolute atomic E-state index is 13.0. The second kappa shape index (κ2) is 7.95. The van der Waals surface area contributed by atoms with Crippen molar-refractivity contribution >= 4 is 34.4 Å². The predicted octanol–water partition coefficient (Wildman–Crippen LogP) is 2.64. The number of fused-ring (bicyclic) bond motifs is 2. The first-order valence-corrected chi connectivity index (χ1v) is 10.3. The van der Waals surface area contributed by atoms with E-state index in [1.165, 1.54) is 0 Å². The molecule has 0 spiro atoms. The molecule has 162 valence electrons. The van der Waals surface area contributed by atoms with Crippen LogP contribution in [0.2, 0.25) is 0 Å². The summed E-state index contributed by atoms with van der Waals surface area (Å²) in [5, 5.41) is 7.47. The van der Waals surface area contributed by atoms with E-state index in [4.69, 9.17) is 14.2 Å². The third-order valence-electron chi connectivity index (χ3n) is 5.37. The van der Waals surface area contributed by atoms with Gasteiger partial charge in [0.25, 0.3) is 5.91 Å². The Labute approximate surface area is 178 Å². The number of nitrogens with zero attached hydrogens (tertiary/aromatic N) is 3. The standard InChI is InChI=1S/C21H24N6O4/c1-3-22-18-15-12(2)10-23-19(15)26-21(25-18)24-14-5-4-13(16-17(14)31-11-30-16)20(28)27-6-8-29-9-7-27/h4-5,10H,3,6-9,11H2,1-2H3,(H3,22,23,24,25,26). The van der Waals surface area contributed by atoms with Crippen LogP contribution in [0, 0.1) is 6.92 Å². The van der Waals surface area contributed by atoms with Crippen molar-refractivity contribution in [3.8, 4) is 11.5 Å². The number of anilines is 3. The van der Waals surface area contributed by atoms with E-state index in [2.05, 4.69) is 25.6 Å². The van der Waals surface area contributed by atoms with Crippen molar-refractivity contribution in [3.63, 3.8) is 0 Å². The van der Waals surface area contributed by atoms with Gasteiger partial charge < -0.3 is 34.7 Å². The second-order valence-electron chi connectivity index (χ2n) is 7.38. The molecule has 3 N–H and O–H groups in total. The summed E-state index contributed by atoms with van der Waals surface area (Å²) >= 11 is 0. The predicted molar refractivity (Wildman–Crippen MR) is 115 cm³/mol. The maximum Gasteiger partial charge on any atom is 0.257 e. The van der Waals surface area contributed by atoms with E-state index in [1.807, 2.05) is 20.0 Å². The number of aromatic nitrogens is 3. The number of amides is 1. The lowest BCUT2D eigenvalue weighted by Crippen LogP contribution is -2.40. The molecule has 2 aliphatic rings. The largest absolute Gasteiger partial charge is 0.453 e. The van der Waals surface area contributed by atoms with Gasteiger partial charge in [-0.15, -0.1) is 0 Å². The van der Waals surface area contributed by atoms with Crippen LogP contribution in [0.4, 0.5) is 17.5 Å². The average molecular weight is 424 g/mol. The van der Waals surface area contributed by atoms with Crippen LogP contribution in [-0.2, 0) is 4.74 Å². The Morgan fingerprint density at radius 2 is 2.00 bits per heavy atom. The summed E-state index contributed by atoms with van der Waals surface area (Å²) in [6.45, 7) is 7.02. The molecule has 10 heteroatoms. The first kappa shape index (κ1) is 19.4. The molecule has 0 atom stereocenters. The van der Waals surface area contributed by atoms with E-state index in [-0.39, 0.29) is 12.7 Å². The van der Waals surface area contributed by atoms with E-state index in [0.29, 0.717) is 55.0 Å². The first-order valence-electron chi connectivity index (χ1n) is 10.3. The quantitative estimate of drug-likeness (QED) is 0.573. The summed E-state index contributed by atoms with van der Waals surface area (Å²) in [4.78, 5) is 27.1. The van der Waals surface area contributed by atoms with Crippen molar-refractivity contribution in [3.05, 3.63) is 29.5 Å². The summed E-state index contributed by atoms with van der Waals surface area (Å²) < 4.78 is 16.7. The molecule has 0 unspecified atom stereocenters. The Morgan fingerprint density at radius 3 is 2.81 bits per heavy atom. The highest BCUT2D eigenvalue weighted by molar-refractivity contribution is 5.99. The Bertz CT molecular complexity index is 1140. The normalized spacial score (nSPS) is 15.4. The average Bonchev–Trinajstić information content (AvgIpc) is 3.42. The number of hydrogen-bond acceptors (Lipinski definition) is 8. The van der Waals surface area contributed by atoms with Crippen LogP contribution < -0.4 is 20.1 Å². The minimum Gasteiger partial charge on any atom is -0.453 e. The van der Waals surface area contributed by atoms with Crippen LogP contribution in [0.1, 0.15) is 22.8 Å². The van der Waals surface area contributed by atoms with Crippen LogP contribution in [-0.4, -0.2) is 65.4 Å². The van der Waals surface area contributed by atoms with Gasteiger partial charge in [0, 0.05) is 25.8 Å². The van der Waals surface area contributed by atoms with Crippen LogP contribution in [0.3, 0.4) is 0 Å². The summed E-state index contributed by atoms with van der Waals surface area (Å²) in [7, 11) is 0. The molecule has 2 aromatic heterocycles. The number of carbonyl (C=O) groups is 1. The fourth-order valence-electron chi connectivity index (χ4n) is 3.86. The zero-order valence-corrected chi connectivity index (χ0v) is 17.4. The molecule has 0 aliphatic carbocycles. The summed E-state index contributed by atoms with van der Waals surface area (Å²) in [6.07, 6.45) is 1.91. The molecule has 10 nitrogen and oxygen atoms in total. The van der Waals surface area contributed by atoms with Gasteiger partial charge in [0.05, 0.1) is 29.9 Å². The van der Waals surface area contributed by atoms with Crippen molar-refractivity contribution in [1.82, 2.24) is 19.9 Å². The van der Waals surface area contributed by atoms with Crippen LogP contribution >= 0.6 is 0 Å². The van der Waals surface area contributed by atoms with E-state index in [1.54, 1.807) is 17.0 Å². The summed E-state index contributed by atoms with van der Waals surface area (Å²) in [5.74, 6) is 1.99. The van der Waals surface area contributed by atoms with Gasteiger partial charge in [0.15, 0.2) is 11.5 Å². The fourth-order valence-corrected chi connectivity index (χ4v) is 3.86. The molecule has 1 fully saturated rings. The number of hydrogen-bond donors (Lipinski definition) is 3. The highest BCUT2D eigenvalue weighted by Crippen LogP contribution is 2.43. The first-order chi connectivity index (χ1) is 15.2. The van der Waals surface area contributed by atoms with Gasteiger partial charge >= 0.3 is 0 Å². The lowest BCUT2D eigenvalue weighted by Gasteiger charge is -2.27. The Morgan fingerprint density at radius 1 is 1.19 bits per heavy atom. The number of aromatic amines is 1.